The molecule has 2 aromatic carbocycles. The lowest BCUT2D eigenvalue weighted by molar-refractivity contribution is -0.0826. The van der Waals surface area contributed by atoms with Crippen LogP contribution >= 0.6 is 0 Å². The van der Waals surface area contributed by atoms with E-state index in [1.165, 1.54) is 5.69 Å². The topological polar surface area (TPSA) is 72.4 Å². The second-order valence-electron chi connectivity index (χ2n) is 11.4. The number of ketones is 1. The van der Waals surface area contributed by atoms with Gasteiger partial charge in [-0.25, -0.2) is 0 Å². The minimum atomic E-state index is -0.348. The number of ether oxygens (including phenoxy) is 1. The van der Waals surface area contributed by atoms with Crippen molar-refractivity contribution in [3.63, 3.8) is 0 Å². The minimum Gasteiger partial charge on any atom is -0.373 e. The Morgan fingerprint density at radius 3 is 2.47 bits per heavy atom. The highest BCUT2D eigenvalue weighted by atomic mass is 16.5. The van der Waals surface area contributed by atoms with Crippen LogP contribution in [0.5, 0.6) is 0 Å². The van der Waals surface area contributed by atoms with Gasteiger partial charge in [0.1, 0.15) is 0 Å². The lowest BCUT2D eigenvalue weighted by Gasteiger charge is -2.44. The number of hydrogen-bond donors (Lipinski definition) is 1. The van der Waals surface area contributed by atoms with Crippen LogP contribution in [0.25, 0.3) is 10.9 Å². The minimum absolute atomic E-state index is 0.0658. The molecule has 2 atom stereocenters. The van der Waals surface area contributed by atoms with Crippen molar-refractivity contribution < 1.29 is 9.53 Å². The lowest BCUT2D eigenvalue weighted by atomic mass is 9.71. The molecule has 0 radical (unpaired) electrons. The van der Waals surface area contributed by atoms with Crippen molar-refractivity contribution in [2.24, 2.45) is 0 Å². The molecule has 0 bridgehead atoms. The highest BCUT2D eigenvalue weighted by molar-refractivity contribution is 6.20. The van der Waals surface area contributed by atoms with Crippen LogP contribution in [-0.2, 0) is 10.2 Å². The van der Waals surface area contributed by atoms with Crippen LogP contribution in [0.2, 0.25) is 0 Å². The number of hydrogen-bond acceptors (Lipinski definition) is 5. The van der Waals surface area contributed by atoms with Gasteiger partial charge in [-0.15, -0.1) is 0 Å². The fraction of sp³-hybridized carbons (Fsp3) is 0.467. The molecule has 36 heavy (non-hydrogen) atoms. The molecule has 2 saturated heterocycles. The number of nitriles is 1. The molecule has 1 N–H and O–H groups in total. The number of anilines is 1. The van der Waals surface area contributed by atoms with E-state index < -0.39 is 0 Å². The highest BCUT2D eigenvalue weighted by Crippen LogP contribution is 2.45. The van der Waals surface area contributed by atoms with Crippen molar-refractivity contribution in [1.82, 2.24) is 9.88 Å². The summed E-state index contributed by atoms with van der Waals surface area (Å²) in [5.41, 5.74) is 5.83. The second-order valence-corrected chi connectivity index (χ2v) is 11.4. The van der Waals surface area contributed by atoms with Crippen LogP contribution in [0.4, 0.5) is 5.69 Å². The van der Waals surface area contributed by atoms with E-state index in [0.717, 1.165) is 72.3 Å². The number of nitrogens with zero attached hydrogens (tertiary/aromatic N) is 3. The van der Waals surface area contributed by atoms with Crippen molar-refractivity contribution >= 4 is 22.4 Å². The first-order valence-electron chi connectivity index (χ1n) is 13.2. The van der Waals surface area contributed by atoms with E-state index in [0.29, 0.717) is 23.8 Å². The number of aromatic amines is 1. The van der Waals surface area contributed by atoms with E-state index in [-0.39, 0.29) is 11.2 Å². The molecule has 1 aliphatic carbocycles. The first-order chi connectivity index (χ1) is 17.3. The molecule has 186 valence electrons. The molecule has 3 heterocycles. The van der Waals surface area contributed by atoms with E-state index in [1.807, 2.05) is 18.2 Å². The van der Waals surface area contributed by atoms with Gasteiger partial charge < -0.3 is 14.6 Å². The molecule has 6 nitrogen and oxygen atoms in total. The summed E-state index contributed by atoms with van der Waals surface area (Å²) in [5.74, 6) is 0.0658. The van der Waals surface area contributed by atoms with Crippen LogP contribution in [-0.4, -0.2) is 60.1 Å². The quantitative estimate of drug-likeness (QED) is 0.557. The zero-order valence-corrected chi connectivity index (χ0v) is 21.6. The van der Waals surface area contributed by atoms with Crippen LogP contribution in [0.3, 0.4) is 0 Å². The van der Waals surface area contributed by atoms with Gasteiger partial charge in [-0.3, -0.25) is 9.69 Å². The van der Waals surface area contributed by atoms with Gasteiger partial charge in [0.2, 0.25) is 0 Å². The number of carbonyl (C=O) groups is 1. The van der Waals surface area contributed by atoms with Crippen molar-refractivity contribution in [2.75, 3.05) is 31.1 Å². The molecule has 3 aromatic rings. The third-order valence-electron chi connectivity index (χ3n) is 8.49. The molecular weight excluding hydrogens is 448 g/mol. The predicted octanol–water partition coefficient (Wildman–Crippen LogP) is 4.99. The number of fused-ring (bicyclic) bond motifs is 4. The monoisotopic (exact) mass is 482 g/mol. The van der Waals surface area contributed by atoms with Crippen LogP contribution in [0.15, 0.2) is 36.4 Å². The Bertz CT molecular complexity index is 1380. The Labute approximate surface area is 212 Å². The third kappa shape index (κ3) is 3.65. The van der Waals surface area contributed by atoms with Crippen LogP contribution in [0, 0.1) is 11.3 Å². The van der Waals surface area contributed by atoms with Crippen molar-refractivity contribution in [3.05, 3.63) is 64.3 Å². The predicted molar refractivity (Wildman–Crippen MR) is 142 cm³/mol. The van der Waals surface area contributed by atoms with Crippen LogP contribution < -0.4 is 4.90 Å². The van der Waals surface area contributed by atoms with Gasteiger partial charge in [0.15, 0.2) is 5.78 Å². The molecule has 6 rings (SSSR count). The normalized spacial score (nSPS) is 24.4. The van der Waals surface area contributed by atoms with Crippen molar-refractivity contribution in [1.29, 1.82) is 5.26 Å². The maximum Gasteiger partial charge on any atom is 0.195 e. The molecule has 0 saturated carbocycles. The Morgan fingerprint density at radius 2 is 1.78 bits per heavy atom. The lowest BCUT2D eigenvalue weighted by Crippen LogP contribution is -2.53. The molecule has 6 heteroatoms. The largest absolute Gasteiger partial charge is 0.373 e. The first kappa shape index (κ1) is 23.3. The standard InChI is InChI=1S/C30H34N4O2/c1-18-16-34(17-19(2)36-18)21-9-11-33(12-10-21)22-6-8-23-25(14-22)30(3,4)29-27(28(23)35)24-7-5-20(15-31)13-26(24)32-29/h5-8,13-14,18-19,21,32H,9-12,16-17H2,1-4H3/t18-,19+. The Morgan fingerprint density at radius 1 is 1.06 bits per heavy atom. The molecule has 0 spiro atoms. The van der Waals surface area contributed by atoms with Crippen LogP contribution in [0.1, 0.15) is 73.3 Å². The summed E-state index contributed by atoms with van der Waals surface area (Å²) in [4.78, 5) is 22.3. The second kappa shape index (κ2) is 8.47. The molecular formula is C30H34N4O2. The van der Waals surface area contributed by atoms with Gasteiger partial charge in [-0.2, -0.15) is 5.26 Å². The molecule has 0 unspecified atom stereocenters. The zero-order chi connectivity index (χ0) is 25.2. The first-order valence-corrected chi connectivity index (χ1v) is 13.2. The van der Waals surface area contributed by atoms with E-state index in [4.69, 9.17) is 4.74 Å². The van der Waals surface area contributed by atoms with Gasteiger partial charge >= 0.3 is 0 Å². The van der Waals surface area contributed by atoms with Gasteiger partial charge in [0.05, 0.1) is 29.4 Å². The van der Waals surface area contributed by atoms with E-state index >= 15 is 0 Å². The summed E-state index contributed by atoms with van der Waals surface area (Å²) in [7, 11) is 0. The number of aromatic nitrogens is 1. The van der Waals surface area contributed by atoms with E-state index in [2.05, 4.69) is 60.7 Å². The molecule has 2 aliphatic heterocycles. The number of rotatable bonds is 2. The zero-order valence-electron chi connectivity index (χ0n) is 21.6. The van der Waals surface area contributed by atoms with Gasteiger partial charge in [-0.05, 0) is 62.6 Å². The molecule has 3 aliphatic rings. The van der Waals surface area contributed by atoms with Gasteiger partial charge in [0, 0.05) is 65.5 Å². The Balaban J connectivity index is 1.28. The summed E-state index contributed by atoms with van der Waals surface area (Å²) in [6.07, 6.45) is 2.89. The molecule has 1 aromatic heterocycles. The summed E-state index contributed by atoms with van der Waals surface area (Å²) in [5, 5.41) is 10.2. The Kier molecular flexibility index (Phi) is 5.47. The summed E-state index contributed by atoms with van der Waals surface area (Å²) in [6, 6.07) is 14.7. The van der Waals surface area contributed by atoms with Gasteiger partial charge in [-0.1, -0.05) is 19.9 Å². The van der Waals surface area contributed by atoms with Crippen molar-refractivity contribution in [3.8, 4) is 6.07 Å². The number of carbonyl (C=O) groups excluding carboxylic acids is 1. The molecule has 2 fully saturated rings. The third-order valence-corrected chi connectivity index (χ3v) is 8.49. The molecule has 0 amide bonds. The smallest absolute Gasteiger partial charge is 0.195 e. The summed E-state index contributed by atoms with van der Waals surface area (Å²) >= 11 is 0. The highest BCUT2D eigenvalue weighted by Gasteiger charge is 2.40. The Hall–Kier alpha value is -3.14. The fourth-order valence-electron chi connectivity index (χ4n) is 6.69. The number of benzene rings is 2. The SMILES string of the molecule is C[C@@H]1CN(C2CCN(c3ccc4c(c3)C(C)(C)c3[nH]c5cc(C#N)ccc5c3C4=O)CC2)C[C@H](C)O1. The van der Waals surface area contributed by atoms with Gasteiger partial charge in [0.25, 0.3) is 0 Å². The number of nitrogens with one attached hydrogen (secondary N) is 1. The summed E-state index contributed by atoms with van der Waals surface area (Å²) < 4.78 is 5.94. The maximum absolute atomic E-state index is 13.7. The number of piperidine rings is 1. The van der Waals surface area contributed by atoms with E-state index in [9.17, 15) is 10.1 Å². The van der Waals surface area contributed by atoms with Crippen molar-refractivity contribution in [2.45, 2.75) is 64.2 Å². The fourth-order valence-corrected chi connectivity index (χ4v) is 6.69. The number of morpholine rings is 1. The van der Waals surface area contributed by atoms with E-state index in [1.54, 1.807) is 6.07 Å². The number of H-pyrrole nitrogens is 1. The average molecular weight is 483 g/mol. The average Bonchev–Trinajstić information content (AvgIpc) is 3.27. The summed E-state index contributed by atoms with van der Waals surface area (Å²) in [6.45, 7) is 12.8. The maximum atomic E-state index is 13.7.